The Labute approximate surface area is 70.5 Å². The van der Waals surface area contributed by atoms with E-state index in [9.17, 15) is 0 Å². The third-order valence-corrected chi connectivity index (χ3v) is 1.12. The van der Waals surface area contributed by atoms with E-state index in [1.807, 2.05) is 6.92 Å². The summed E-state index contributed by atoms with van der Waals surface area (Å²) >= 11 is 0. The molecule has 0 saturated heterocycles. The van der Waals surface area contributed by atoms with Gasteiger partial charge in [-0.1, -0.05) is 13.8 Å². The second-order valence-corrected chi connectivity index (χ2v) is 2.51. The molecule has 70 valence electrons. The lowest BCUT2D eigenvalue weighted by Crippen LogP contribution is -2.18. The summed E-state index contributed by atoms with van der Waals surface area (Å²) in [6, 6.07) is 0.273. The minimum absolute atomic E-state index is 0.273. The van der Waals surface area contributed by atoms with Gasteiger partial charge in [0.25, 0.3) is 0 Å². The third-order valence-electron chi connectivity index (χ3n) is 1.12. The predicted octanol–water partition coefficient (Wildman–Crippen LogP) is 0.298. The number of hydrogen-bond acceptors (Lipinski definition) is 3. The van der Waals surface area contributed by atoms with Crippen molar-refractivity contribution in [3.8, 4) is 0 Å². The van der Waals surface area contributed by atoms with E-state index in [1.165, 1.54) is 0 Å². The molecule has 0 aromatic rings. The highest BCUT2D eigenvalue weighted by Crippen LogP contribution is 1.77. The molecule has 0 bridgehead atoms. The van der Waals surface area contributed by atoms with Crippen molar-refractivity contribution in [2.24, 2.45) is 11.5 Å². The molecule has 1 unspecified atom stereocenters. The molecule has 3 nitrogen and oxygen atoms in total. The second kappa shape index (κ2) is 12.5. The van der Waals surface area contributed by atoms with E-state index in [0.717, 1.165) is 19.5 Å². The van der Waals surface area contributed by atoms with Gasteiger partial charge >= 0.3 is 0 Å². The molecular formula is C8H23N3. The average Bonchev–Trinajstić information content (AvgIpc) is 1.90. The van der Waals surface area contributed by atoms with Crippen LogP contribution in [0.4, 0.5) is 0 Å². The molecule has 3 heteroatoms. The van der Waals surface area contributed by atoms with Crippen LogP contribution in [0.15, 0.2) is 0 Å². The molecule has 0 saturated carbocycles. The van der Waals surface area contributed by atoms with Crippen molar-refractivity contribution in [3.63, 3.8) is 0 Å². The van der Waals surface area contributed by atoms with Crippen LogP contribution in [0.3, 0.4) is 0 Å². The summed E-state index contributed by atoms with van der Waals surface area (Å²) in [5.41, 5.74) is 10.5. The molecule has 0 aliphatic carbocycles. The van der Waals surface area contributed by atoms with Gasteiger partial charge in [-0.15, -0.1) is 0 Å². The van der Waals surface area contributed by atoms with Crippen molar-refractivity contribution in [2.45, 2.75) is 33.2 Å². The predicted molar refractivity (Wildman–Crippen MR) is 51.5 cm³/mol. The van der Waals surface area contributed by atoms with Gasteiger partial charge in [0.05, 0.1) is 0 Å². The summed E-state index contributed by atoms with van der Waals surface area (Å²) in [5, 5.41) is 3.11. The number of hydrogen-bond donors (Lipinski definition) is 3. The van der Waals surface area contributed by atoms with E-state index >= 15 is 0 Å². The Bertz CT molecular complexity index is 53.3. The van der Waals surface area contributed by atoms with E-state index < -0.39 is 0 Å². The zero-order valence-corrected chi connectivity index (χ0v) is 8.06. The molecule has 0 aliphatic heterocycles. The average molecular weight is 161 g/mol. The van der Waals surface area contributed by atoms with Crippen LogP contribution in [0.25, 0.3) is 0 Å². The first-order chi connectivity index (χ1) is 5.18. The zero-order chi connectivity index (χ0) is 9.11. The summed E-state index contributed by atoms with van der Waals surface area (Å²) in [6.45, 7) is 9.05. The molecule has 0 rings (SSSR count). The van der Waals surface area contributed by atoms with Gasteiger partial charge in [-0.3, -0.25) is 0 Å². The molecule has 0 aromatic carbocycles. The van der Waals surface area contributed by atoms with Crippen molar-refractivity contribution < 1.29 is 0 Å². The molecule has 1 atom stereocenters. The summed E-state index contributed by atoms with van der Waals surface area (Å²) in [5.74, 6) is 0. The fraction of sp³-hybridized carbons (Fsp3) is 1.00. The molecule has 0 amide bonds. The van der Waals surface area contributed by atoms with E-state index in [-0.39, 0.29) is 6.04 Å². The van der Waals surface area contributed by atoms with Crippen LogP contribution in [-0.4, -0.2) is 25.7 Å². The molecule has 0 fully saturated rings. The Morgan fingerprint density at radius 2 is 1.73 bits per heavy atom. The van der Waals surface area contributed by atoms with Crippen LogP contribution >= 0.6 is 0 Å². The first-order valence-corrected chi connectivity index (χ1v) is 4.35. The van der Waals surface area contributed by atoms with Gasteiger partial charge in [-0.05, 0) is 33.0 Å². The first-order valence-electron chi connectivity index (χ1n) is 4.35. The Balaban J connectivity index is 0. The SMILES string of the molecule is CC(N)CCN.CCNCC. The van der Waals surface area contributed by atoms with Crippen molar-refractivity contribution in [1.29, 1.82) is 0 Å². The normalized spacial score (nSPS) is 11.7. The van der Waals surface area contributed by atoms with Crippen LogP contribution in [0.5, 0.6) is 0 Å². The van der Waals surface area contributed by atoms with Gasteiger partial charge in [-0.2, -0.15) is 0 Å². The summed E-state index contributed by atoms with van der Waals surface area (Å²) < 4.78 is 0. The molecule has 0 aliphatic rings. The maximum Gasteiger partial charge on any atom is 0.00224 e. The fourth-order valence-electron chi connectivity index (χ4n) is 0.513. The Hall–Kier alpha value is -0.120. The zero-order valence-electron chi connectivity index (χ0n) is 8.06. The van der Waals surface area contributed by atoms with Crippen LogP contribution in [0.2, 0.25) is 0 Å². The fourth-order valence-corrected chi connectivity index (χ4v) is 0.513. The quantitative estimate of drug-likeness (QED) is 0.555. The summed E-state index contributed by atoms with van der Waals surface area (Å²) in [6.07, 6.45) is 0.931. The highest BCUT2D eigenvalue weighted by molar-refractivity contribution is 4.50. The Morgan fingerprint density at radius 1 is 1.27 bits per heavy atom. The van der Waals surface area contributed by atoms with Crippen molar-refractivity contribution in [3.05, 3.63) is 0 Å². The van der Waals surface area contributed by atoms with E-state index in [2.05, 4.69) is 19.2 Å². The van der Waals surface area contributed by atoms with Crippen LogP contribution in [-0.2, 0) is 0 Å². The van der Waals surface area contributed by atoms with E-state index in [1.54, 1.807) is 0 Å². The molecule has 0 spiro atoms. The largest absolute Gasteiger partial charge is 0.330 e. The van der Waals surface area contributed by atoms with E-state index in [4.69, 9.17) is 11.5 Å². The van der Waals surface area contributed by atoms with Crippen LogP contribution < -0.4 is 16.8 Å². The highest BCUT2D eigenvalue weighted by atomic mass is 14.8. The molecule has 0 aromatic heterocycles. The lowest BCUT2D eigenvalue weighted by atomic mass is 10.3. The Kier molecular flexibility index (Phi) is 15.4. The van der Waals surface area contributed by atoms with Crippen molar-refractivity contribution in [2.75, 3.05) is 19.6 Å². The van der Waals surface area contributed by atoms with Crippen molar-refractivity contribution >= 4 is 0 Å². The molecule has 0 radical (unpaired) electrons. The van der Waals surface area contributed by atoms with Gasteiger partial charge < -0.3 is 16.8 Å². The van der Waals surface area contributed by atoms with Crippen LogP contribution in [0.1, 0.15) is 27.2 Å². The number of nitrogens with one attached hydrogen (secondary N) is 1. The monoisotopic (exact) mass is 161 g/mol. The first kappa shape index (κ1) is 13.5. The maximum atomic E-state index is 5.32. The van der Waals surface area contributed by atoms with Gasteiger partial charge in [-0.25, -0.2) is 0 Å². The second-order valence-electron chi connectivity index (χ2n) is 2.51. The molecule has 5 N–H and O–H groups in total. The van der Waals surface area contributed by atoms with E-state index in [0.29, 0.717) is 6.54 Å². The standard InChI is InChI=1S/C4H12N2.C4H11N/c1-4(6)2-3-5;1-3-5-4-2/h4H,2-3,5-6H2,1H3;5H,3-4H2,1-2H3. The minimum atomic E-state index is 0.273. The maximum absolute atomic E-state index is 5.32. The topological polar surface area (TPSA) is 64.1 Å². The van der Waals surface area contributed by atoms with Gasteiger partial charge in [0.2, 0.25) is 0 Å². The number of nitrogens with two attached hydrogens (primary N) is 2. The Morgan fingerprint density at radius 3 is 1.73 bits per heavy atom. The smallest absolute Gasteiger partial charge is 0.00224 e. The molecule has 11 heavy (non-hydrogen) atoms. The minimum Gasteiger partial charge on any atom is -0.330 e. The van der Waals surface area contributed by atoms with Gasteiger partial charge in [0, 0.05) is 6.04 Å². The van der Waals surface area contributed by atoms with Gasteiger partial charge in [0.15, 0.2) is 0 Å². The molecule has 0 heterocycles. The summed E-state index contributed by atoms with van der Waals surface area (Å²) in [7, 11) is 0. The highest BCUT2D eigenvalue weighted by Gasteiger charge is 1.85. The third kappa shape index (κ3) is 25.8. The molecular weight excluding hydrogens is 138 g/mol. The van der Waals surface area contributed by atoms with Crippen LogP contribution in [0, 0.1) is 0 Å². The number of rotatable bonds is 4. The van der Waals surface area contributed by atoms with Crippen molar-refractivity contribution in [1.82, 2.24) is 5.32 Å². The van der Waals surface area contributed by atoms with Gasteiger partial charge in [0.1, 0.15) is 0 Å². The summed E-state index contributed by atoms with van der Waals surface area (Å²) in [4.78, 5) is 0. The lowest BCUT2D eigenvalue weighted by molar-refractivity contribution is 0.676. The lowest BCUT2D eigenvalue weighted by Gasteiger charge is -1.96.